The molecule has 2 N–H and O–H groups in total. The third-order valence-electron chi connectivity index (χ3n) is 5.00. The number of nitrogens with one attached hydrogen (secondary N) is 2. The van der Waals surface area contributed by atoms with Gasteiger partial charge in [-0.2, -0.15) is 13.2 Å². The Bertz CT molecular complexity index is 603. The van der Waals surface area contributed by atoms with Crippen molar-refractivity contribution in [3.63, 3.8) is 0 Å². The summed E-state index contributed by atoms with van der Waals surface area (Å²) in [4.78, 5) is 4.52. The Kier molecular flexibility index (Phi) is 6.99. The van der Waals surface area contributed by atoms with Crippen molar-refractivity contribution in [3.8, 4) is 0 Å². The summed E-state index contributed by atoms with van der Waals surface area (Å²) < 4.78 is 36.8. The summed E-state index contributed by atoms with van der Waals surface area (Å²) >= 11 is 0. The summed E-state index contributed by atoms with van der Waals surface area (Å²) in [5, 5.41) is 5.80. The zero-order chi connectivity index (χ0) is 17.2. The Morgan fingerprint density at radius 2 is 2.00 bits per heavy atom. The SMILES string of the molecule is CCNC(=NCC1C2CCc3ccccc3C21)NCCC(F)(F)F.I. The average Bonchev–Trinajstić information content (AvgIpc) is 3.25. The Morgan fingerprint density at radius 1 is 1.24 bits per heavy atom. The van der Waals surface area contributed by atoms with Crippen molar-refractivity contribution in [2.75, 3.05) is 19.6 Å². The van der Waals surface area contributed by atoms with Gasteiger partial charge < -0.3 is 10.6 Å². The van der Waals surface area contributed by atoms with Crippen molar-refractivity contribution < 1.29 is 13.2 Å². The summed E-state index contributed by atoms with van der Waals surface area (Å²) in [5.41, 5.74) is 2.89. The molecule has 1 aromatic carbocycles. The topological polar surface area (TPSA) is 36.4 Å². The molecule has 25 heavy (non-hydrogen) atoms. The molecule has 1 fully saturated rings. The van der Waals surface area contributed by atoms with E-state index in [1.54, 1.807) is 0 Å². The van der Waals surface area contributed by atoms with Gasteiger partial charge in [0.25, 0.3) is 0 Å². The Morgan fingerprint density at radius 3 is 2.72 bits per heavy atom. The largest absolute Gasteiger partial charge is 0.390 e. The molecule has 7 heteroatoms. The number of fused-ring (bicyclic) bond motifs is 3. The third kappa shape index (κ3) is 5.24. The van der Waals surface area contributed by atoms with E-state index < -0.39 is 12.6 Å². The minimum atomic E-state index is -4.14. The second-order valence-electron chi connectivity index (χ2n) is 6.60. The van der Waals surface area contributed by atoms with E-state index in [9.17, 15) is 13.2 Å². The van der Waals surface area contributed by atoms with Crippen LogP contribution in [0.5, 0.6) is 0 Å². The quantitative estimate of drug-likeness (QED) is 0.389. The van der Waals surface area contributed by atoms with Gasteiger partial charge in [-0.1, -0.05) is 24.3 Å². The van der Waals surface area contributed by atoms with Crippen LogP contribution in [0.1, 0.15) is 36.8 Å². The number of hydrogen-bond donors (Lipinski definition) is 2. The third-order valence-corrected chi connectivity index (χ3v) is 5.00. The fourth-order valence-corrected chi connectivity index (χ4v) is 3.82. The minimum absolute atomic E-state index is 0. The first kappa shape index (κ1) is 20.3. The highest BCUT2D eigenvalue weighted by Crippen LogP contribution is 2.59. The zero-order valence-electron chi connectivity index (χ0n) is 14.3. The highest BCUT2D eigenvalue weighted by atomic mass is 127. The molecule has 1 aromatic rings. The number of guanidine groups is 1. The molecule has 0 heterocycles. The lowest BCUT2D eigenvalue weighted by Crippen LogP contribution is -2.39. The predicted molar refractivity (Wildman–Crippen MR) is 105 cm³/mol. The minimum Gasteiger partial charge on any atom is -0.357 e. The molecular formula is C18H25F3IN3. The molecule has 0 bridgehead atoms. The van der Waals surface area contributed by atoms with Gasteiger partial charge in [-0.25, -0.2) is 0 Å². The number of hydrogen-bond acceptors (Lipinski definition) is 1. The summed E-state index contributed by atoms with van der Waals surface area (Å²) in [6.45, 7) is 3.08. The van der Waals surface area contributed by atoms with E-state index in [0.717, 1.165) is 6.42 Å². The van der Waals surface area contributed by atoms with Crippen molar-refractivity contribution in [1.82, 2.24) is 10.6 Å². The number of benzene rings is 1. The van der Waals surface area contributed by atoms with Crippen LogP contribution in [-0.2, 0) is 6.42 Å². The summed E-state index contributed by atoms with van der Waals surface area (Å²) in [5.74, 6) is 2.27. The Balaban J connectivity index is 0.00000225. The van der Waals surface area contributed by atoms with Crippen molar-refractivity contribution in [1.29, 1.82) is 0 Å². The summed E-state index contributed by atoms with van der Waals surface area (Å²) in [6.07, 6.45) is -2.67. The van der Waals surface area contributed by atoms with E-state index >= 15 is 0 Å². The molecule has 1 saturated carbocycles. The molecule has 0 amide bonds. The van der Waals surface area contributed by atoms with Crippen LogP contribution in [0.25, 0.3) is 0 Å². The number of rotatable bonds is 5. The molecule has 0 radical (unpaired) electrons. The second kappa shape index (κ2) is 8.60. The van der Waals surface area contributed by atoms with Crippen LogP contribution in [0.15, 0.2) is 29.3 Å². The molecule has 3 nitrogen and oxygen atoms in total. The van der Waals surface area contributed by atoms with Gasteiger partial charge in [0.1, 0.15) is 0 Å². The number of nitrogens with zero attached hydrogens (tertiary/aromatic N) is 1. The fraction of sp³-hybridized carbons (Fsp3) is 0.611. The van der Waals surface area contributed by atoms with Gasteiger partial charge in [-0.15, -0.1) is 24.0 Å². The van der Waals surface area contributed by atoms with Crippen LogP contribution >= 0.6 is 24.0 Å². The van der Waals surface area contributed by atoms with Crippen LogP contribution in [0.3, 0.4) is 0 Å². The predicted octanol–water partition coefficient (Wildman–Crippen LogP) is 4.09. The Labute approximate surface area is 163 Å². The van der Waals surface area contributed by atoms with E-state index in [4.69, 9.17) is 0 Å². The molecule has 140 valence electrons. The van der Waals surface area contributed by atoms with Gasteiger partial charge in [0, 0.05) is 19.6 Å². The molecule has 0 aliphatic heterocycles. The van der Waals surface area contributed by atoms with Crippen molar-refractivity contribution in [2.45, 2.75) is 38.3 Å². The summed E-state index contributed by atoms with van der Waals surface area (Å²) in [6, 6.07) is 8.58. The molecule has 0 saturated heterocycles. The lowest BCUT2D eigenvalue weighted by Gasteiger charge is -2.13. The first-order chi connectivity index (χ1) is 11.5. The lowest BCUT2D eigenvalue weighted by molar-refractivity contribution is -0.132. The van der Waals surface area contributed by atoms with E-state index in [2.05, 4.69) is 39.9 Å². The van der Waals surface area contributed by atoms with Gasteiger partial charge in [0.2, 0.25) is 0 Å². The van der Waals surface area contributed by atoms with Gasteiger partial charge in [-0.05, 0) is 48.6 Å². The van der Waals surface area contributed by atoms with Crippen LogP contribution < -0.4 is 10.6 Å². The fourth-order valence-electron chi connectivity index (χ4n) is 3.82. The van der Waals surface area contributed by atoms with Crippen LogP contribution in [0, 0.1) is 11.8 Å². The maximum atomic E-state index is 12.3. The van der Waals surface area contributed by atoms with Crippen LogP contribution in [0.4, 0.5) is 13.2 Å². The number of halogens is 4. The van der Waals surface area contributed by atoms with Gasteiger partial charge in [0.15, 0.2) is 5.96 Å². The van der Waals surface area contributed by atoms with E-state index in [0.29, 0.717) is 36.8 Å². The first-order valence-electron chi connectivity index (χ1n) is 8.66. The monoisotopic (exact) mass is 467 g/mol. The van der Waals surface area contributed by atoms with Crippen molar-refractivity contribution >= 4 is 29.9 Å². The second-order valence-corrected chi connectivity index (χ2v) is 6.60. The standard InChI is InChI=1S/C18H24F3N3.HI/c1-2-22-17(23-10-9-18(19,20)21)24-11-15-14-8-7-12-5-3-4-6-13(12)16(14)15;/h3-6,14-16H,2,7-11H2,1H3,(H2,22,23,24);1H. The number of aliphatic imine (C=N–C) groups is 1. The van der Waals surface area contributed by atoms with E-state index in [1.165, 1.54) is 17.5 Å². The maximum Gasteiger partial charge on any atom is 0.390 e. The molecule has 2 aliphatic rings. The molecular weight excluding hydrogens is 442 g/mol. The average molecular weight is 467 g/mol. The molecule has 3 atom stereocenters. The normalized spacial score (nSPS) is 24.6. The maximum absolute atomic E-state index is 12.3. The van der Waals surface area contributed by atoms with Crippen LogP contribution in [-0.4, -0.2) is 31.8 Å². The van der Waals surface area contributed by atoms with Crippen molar-refractivity contribution in [2.24, 2.45) is 16.8 Å². The van der Waals surface area contributed by atoms with Gasteiger partial charge in [-0.3, -0.25) is 4.99 Å². The number of alkyl halides is 3. The summed E-state index contributed by atoms with van der Waals surface area (Å²) in [7, 11) is 0. The first-order valence-corrected chi connectivity index (χ1v) is 8.66. The molecule has 3 unspecified atom stereocenters. The molecule has 2 aliphatic carbocycles. The highest BCUT2D eigenvalue weighted by molar-refractivity contribution is 14.0. The molecule has 0 aromatic heterocycles. The Hall–Kier alpha value is -0.990. The smallest absolute Gasteiger partial charge is 0.357 e. The zero-order valence-corrected chi connectivity index (χ0v) is 16.6. The van der Waals surface area contributed by atoms with Crippen LogP contribution in [0.2, 0.25) is 0 Å². The molecule has 0 spiro atoms. The van der Waals surface area contributed by atoms with Gasteiger partial charge in [0.05, 0.1) is 6.42 Å². The van der Waals surface area contributed by atoms with Gasteiger partial charge >= 0.3 is 6.18 Å². The van der Waals surface area contributed by atoms with Crippen molar-refractivity contribution in [3.05, 3.63) is 35.4 Å². The van der Waals surface area contributed by atoms with E-state index in [-0.39, 0.29) is 30.5 Å². The highest BCUT2D eigenvalue weighted by Gasteiger charge is 2.52. The lowest BCUT2D eigenvalue weighted by atomic mass is 9.92. The molecule has 3 rings (SSSR count). The van der Waals surface area contributed by atoms with E-state index in [1.807, 2.05) is 6.92 Å². The number of aryl methyl sites for hydroxylation is 1.